The maximum atomic E-state index is 5.75. The third-order valence-corrected chi connectivity index (χ3v) is 5.66. The van der Waals surface area contributed by atoms with E-state index in [0.717, 1.165) is 29.6 Å². The largest absolute Gasteiger partial charge is 0.326 e. The second kappa shape index (κ2) is 4.06. The Labute approximate surface area is 109 Å². The summed E-state index contributed by atoms with van der Waals surface area (Å²) in [6.07, 6.45) is 11.5. The van der Waals surface area contributed by atoms with E-state index < -0.39 is 0 Å². The van der Waals surface area contributed by atoms with Gasteiger partial charge in [-0.1, -0.05) is 6.07 Å². The summed E-state index contributed by atoms with van der Waals surface area (Å²) < 4.78 is 0. The summed E-state index contributed by atoms with van der Waals surface area (Å²) in [6, 6.07) is 2.32. The molecule has 1 aromatic heterocycles. The number of nitrogens with two attached hydrogens (primary N) is 1. The van der Waals surface area contributed by atoms with Crippen LogP contribution in [-0.4, -0.2) is 4.98 Å². The average molecular weight is 242 g/mol. The molecule has 2 heteroatoms. The van der Waals surface area contributed by atoms with Gasteiger partial charge in [0, 0.05) is 18.9 Å². The molecule has 4 fully saturated rings. The molecule has 2 nitrogen and oxygen atoms in total. The Morgan fingerprint density at radius 1 is 1.00 bits per heavy atom. The topological polar surface area (TPSA) is 38.9 Å². The third kappa shape index (κ3) is 1.62. The molecule has 4 aliphatic carbocycles. The van der Waals surface area contributed by atoms with Crippen LogP contribution in [0, 0.1) is 23.7 Å². The molecule has 5 rings (SSSR count). The molecule has 0 unspecified atom stereocenters. The van der Waals surface area contributed by atoms with Gasteiger partial charge in [0.05, 0.1) is 0 Å². The van der Waals surface area contributed by atoms with Gasteiger partial charge in [-0.05, 0) is 72.8 Å². The molecule has 0 atom stereocenters. The SMILES string of the molecule is NCc1cncc(C2C3CC4CC(C3)CC2C4)c1. The predicted molar refractivity (Wildman–Crippen MR) is 71.9 cm³/mol. The second-order valence-electron chi connectivity index (χ2n) is 6.79. The zero-order chi connectivity index (χ0) is 12.1. The fourth-order valence-electron chi connectivity index (χ4n) is 5.27. The highest BCUT2D eigenvalue weighted by Gasteiger charge is 2.48. The van der Waals surface area contributed by atoms with Gasteiger partial charge < -0.3 is 5.73 Å². The fraction of sp³-hybridized carbons (Fsp3) is 0.688. The van der Waals surface area contributed by atoms with Crippen LogP contribution in [0.25, 0.3) is 0 Å². The van der Waals surface area contributed by atoms with Crippen LogP contribution in [-0.2, 0) is 6.54 Å². The van der Waals surface area contributed by atoms with E-state index in [0.29, 0.717) is 6.54 Å². The molecule has 0 saturated heterocycles. The average Bonchev–Trinajstić information content (AvgIpc) is 2.38. The van der Waals surface area contributed by atoms with Crippen molar-refractivity contribution in [3.05, 3.63) is 29.6 Å². The molecule has 1 heterocycles. The highest BCUT2D eigenvalue weighted by molar-refractivity contribution is 5.25. The molecule has 0 aromatic carbocycles. The standard InChI is InChI=1S/C16H22N2/c17-7-12-6-15(9-18-8-12)16-13-2-10-1-11(4-13)5-14(16)3-10/h6,8-11,13-14,16H,1-5,7,17H2. The normalized spacial score (nSPS) is 41.3. The highest BCUT2D eigenvalue weighted by Crippen LogP contribution is 2.59. The van der Waals surface area contributed by atoms with Crippen molar-refractivity contribution in [2.45, 2.75) is 44.6 Å². The molecule has 4 aliphatic rings. The van der Waals surface area contributed by atoms with Crippen molar-refractivity contribution in [1.29, 1.82) is 0 Å². The lowest BCUT2D eigenvalue weighted by atomic mass is 9.51. The van der Waals surface area contributed by atoms with E-state index in [2.05, 4.69) is 17.2 Å². The van der Waals surface area contributed by atoms with Crippen molar-refractivity contribution < 1.29 is 0 Å². The Hall–Kier alpha value is -0.890. The maximum absolute atomic E-state index is 5.75. The molecule has 1 aromatic rings. The maximum Gasteiger partial charge on any atom is 0.0312 e. The Balaban J connectivity index is 1.68. The van der Waals surface area contributed by atoms with Gasteiger partial charge in [-0.3, -0.25) is 4.98 Å². The molecule has 4 bridgehead atoms. The van der Waals surface area contributed by atoms with Crippen LogP contribution in [0.15, 0.2) is 18.5 Å². The molecule has 2 N–H and O–H groups in total. The van der Waals surface area contributed by atoms with Crippen molar-refractivity contribution in [1.82, 2.24) is 4.98 Å². The number of hydrogen-bond donors (Lipinski definition) is 1. The Kier molecular flexibility index (Phi) is 2.47. The quantitative estimate of drug-likeness (QED) is 0.865. The summed E-state index contributed by atoms with van der Waals surface area (Å²) in [7, 11) is 0. The molecular formula is C16H22N2. The van der Waals surface area contributed by atoms with E-state index in [1.807, 2.05) is 6.20 Å². The third-order valence-electron chi connectivity index (χ3n) is 5.66. The van der Waals surface area contributed by atoms with Gasteiger partial charge in [-0.25, -0.2) is 0 Å². The number of pyridine rings is 1. The minimum Gasteiger partial charge on any atom is -0.326 e. The van der Waals surface area contributed by atoms with Crippen LogP contribution in [0.5, 0.6) is 0 Å². The summed E-state index contributed by atoms with van der Waals surface area (Å²) in [5.74, 6) is 4.77. The van der Waals surface area contributed by atoms with Crippen LogP contribution in [0.1, 0.15) is 49.1 Å². The Morgan fingerprint density at radius 3 is 2.28 bits per heavy atom. The summed E-state index contributed by atoms with van der Waals surface area (Å²) in [5, 5.41) is 0. The Morgan fingerprint density at radius 2 is 1.67 bits per heavy atom. The smallest absolute Gasteiger partial charge is 0.0312 e. The van der Waals surface area contributed by atoms with E-state index in [1.54, 1.807) is 0 Å². The van der Waals surface area contributed by atoms with Gasteiger partial charge in [0.1, 0.15) is 0 Å². The molecule has 18 heavy (non-hydrogen) atoms. The van der Waals surface area contributed by atoms with Gasteiger partial charge in [0.2, 0.25) is 0 Å². The molecule has 4 saturated carbocycles. The zero-order valence-corrected chi connectivity index (χ0v) is 10.9. The first-order valence-electron chi connectivity index (χ1n) is 7.47. The first-order valence-corrected chi connectivity index (χ1v) is 7.47. The van der Waals surface area contributed by atoms with Crippen molar-refractivity contribution >= 4 is 0 Å². The minimum atomic E-state index is 0.619. The monoisotopic (exact) mass is 242 g/mol. The Bertz CT molecular complexity index is 426. The number of nitrogens with zero attached hydrogens (tertiary/aromatic N) is 1. The van der Waals surface area contributed by atoms with Crippen LogP contribution < -0.4 is 5.73 Å². The lowest BCUT2D eigenvalue weighted by molar-refractivity contribution is -0.00290. The lowest BCUT2D eigenvalue weighted by Gasteiger charge is -2.54. The van der Waals surface area contributed by atoms with Gasteiger partial charge in [-0.2, -0.15) is 0 Å². The summed E-state index contributed by atoms with van der Waals surface area (Å²) >= 11 is 0. The van der Waals surface area contributed by atoms with E-state index in [-0.39, 0.29) is 0 Å². The van der Waals surface area contributed by atoms with E-state index >= 15 is 0 Å². The lowest BCUT2D eigenvalue weighted by Crippen LogP contribution is -2.43. The van der Waals surface area contributed by atoms with Crippen molar-refractivity contribution in [2.24, 2.45) is 29.4 Å². The van der Waals surface area contributed by atoms with Crippen molar-refractivity contribution in [3.63, 3.8) is 0 Å². The molecule has 0 aliphatic heterocycles. The first kappa shape index (κ1) is 11.0. The molecular weight excluding hydrogens is 220 g/mol. The van der Waals surface area contributed by atoms with E-state index in [1.165, 1.54) is 43.2 Å². The summed E-state index contributed by atoms with van der Waals surface area (Å²) in [4.78, 5) is 4.41. The molecule has 0 amide bonds. The minimum absolute atomic E-state index is 0.619. The van der Waals surface area contributed by atoms with Crippen LogP contribution >= 0.6 is 0 Å². The van der Waals surface area contributed by atoms with Crippen molar-refractivity contribution in [2.75, 3.05) is 0 Å². The van der Waals surface area contributed by atoms with Gasteiger partial charge in [0.25, 0.3) is 0 Å². The number of aromatic nitrogens is 1. The molecule has 0 spiro atoms. The number of hydrogen-bond acceptors (Lipinski definition) is 2. The molecule has 96 valence electrons. The fourth-order valence-corrected chi connectivity index (χ4v) is 5.27. The zero-order valence-electron chi connectivity index (χ0n) is 10.9. The highest BCUT2D eigenvalue weighted by atomic mass is 14.7. The predicted octanol–water partition coefficient (Wildman–Crippen LogP) is 3.08. The van der Waals surface area contributed by atoms with Gasteiger partial charge in [0.15, 0.2) is 0 Å². The van der Waals surface area contributed by atoms with E-state index in [4.69, 9.17) is 5.73 Å². The van der Waals surface area contributed by atoms with E-state index in [9.17, 15) is 0 Å². The second-order valence-corrected chi connectivity index (χ2v) is 6.79. The van der Waals surface area contributed by atoms with Crippen LogP contribution in [0.2, 0.25) is 0 Å². The first-order chi connectivity index (χ1) is 8.83. The van der Waals surface area contributed by atoms with Gasteiger partial charge in [-0.15, -0.1) is 0 Å². The van der Waals surface area contributed by atoms with Crippen molar-refractivity contribution in [3.8, 4) is 0 Å². The van der Waals surface area contributed by atoms with Crippen LogP contribution in [0.3, 0.4) is 0 Å². The number of rotatable bonds is 2. The summed E-state index contributed by atoms with van der Waals surface area (Å²) in [5.41, 5.74) is 8.43. The summed E-state index contributed by atoms with van der Waals surface area (Å²) in [6.45, 7) is 0.619. The van der Waals surface area contributed by atoms with Gasteiger partial charge >= 0.3 is 0 Å². The van der Waals surface area contributed by atoms with Crippen LogP contribution in [0.4, 0.5) is 0 Å². The molecule has 0 radical (unpaired) electrons.